The van der Waals surface area contributed by atoms with Gasteiger partial charge in [0.1, 0.15) is 30.9 Å². The van der Waals surface area contributed by atoms with Crippen LogP contribution in [0.2, 0.25) is 25.1 Å². The monoisotopic (exact) mass is 633 g/mol. The van der Waals surface area contributed by atoms with Crippen LogP contribution in [-0.2, 0) is 17.9 Å². The van der Waals surface area contributed by atoms with Crippen LogP contribution in [0.1, 0.15) is 34.4 Å². The van der Waals surface area contributed by atoms with Crippen LogP contribution in [0.15, 0.2) is 104 Å². The van der Waals surface area contributed by atoms with Gasteiger partial charge < -0.3 is 4.74 Å². The Morgan fingerprint density at radius 2 is 1.32 bits per heavy atom. The van der Waals surface area contributed by atoms with Crippen LogP contribution < -0.4 is 4.57 Å². The van der Waals surface area contributed by atoms with E-state index in [1.165, 1.54) is 12.1 Å². The summed E-state index contributed by atoms with van der Waals surface area (Å²) in [5, 5.41) is 2.77. The van der Waals surface area contributed by atoms with Crippen LogP contribution in [0, 0.1) is 5.82 Å². The van der Waals surface area contributed by atoms with Crippen molar-refractivity contribution >= 4 is 58.0 Å². The fraction of sp³-hybridized carbons (Fsp3) is 0.129. The Balaban J connectivity index is 1.46. The maximum Gasteiger partial charge on any atom is 0.244 e. The molecular formula is C31H23Cl5FN2O+. The van der Waals surface area contributed by atoms with E-state index >= 15 is 0 Å². The molecule has 1 aromatic heterocycles. The van der Waals surface area contributed by atoms with E-state index in [4.69, 9.17) is 62.7 Å². The van der Waals surface area contributed by atoms with Gasteiger partial charge in [-0.15, -0.1) is 0 Å². The molecule has 0 saturated heterocycles. The number of hydrogen-bond donors (Lipinski definition) is 0. The highest BCUT2D eigenvalue weighted by Crippen LogP contribution is 2.32. The van der Waals surface area contributed by atoms with Crippen molar-refractivity contribution in [3.05, 3.63) is 157 Å². The Bertz CT molecular complexity index is 1560. The zero-order valence-corrected chi connectivity index (χ0v) is 24.7. The third-order valence-corrected chi connectivity index (χ3v) is 7.92. The number of nitrogens with zero attached hydrogens (tertiary/aromatic N) is 2. The maximum atomic E-state index is 13.7. The van der Waals surface area contributed by atoms with Gasteiger partial charge in [-0.1, -0.05) is 94.4 Å². The highest BCUT2D eigenvalue weighted by molar-refractivity contribution is 6.35. The van der Waals surface area contributed by atoms with Gasteiger partial charge >= 0.3 is 0 Å². The number of hydrogen-bond acceptors (Lipinski definition) is 1. The van der Waals surface area contributed by atoms with E-state index in [9.17, 15) is 4.39 Å². The van der Waals surface area contributed by atoms with E-state index < -0.39 is 6.10 Å². The first kappa shape index (κ1) is 28.9. The van der Waals surface area contributed by atoms with Crippen molar-refractivity contribution in [1.29, 1.82) is 0 Å². The predicted molar refractivity (Wildman–Crippen MR) is 160 cm³/mol. The van der Waals surface area contributed by atoms with Gasteiger partial charge in [-0.05, 0) is 54.1 Å². The minimum absolute atomic E-state index is 0.203. The van der Waals surface area contributed by atoms with Crippen LogP contribution in [0.4, 0.5) is 4.39 Å². The molecule has 2 atom stereocenters. The van der Waals surface area contributed by atoms with E-state index in [0.29, 0.717) is 31.7 Å². The standard InChI is InChI=1S/C31H23Cl5FN2O/c32-23-6-1-20(2-7-23)31(21-4-10-26(37)11-5-21)39-14-13-38(19-39)17-30(27-12-9-25(34)16-29(27)36)40-18-22-3-8-24(33)15-28(22)35/h1-16,19,30-31H,17-18H2/q+1. The lowest BCUT2D eigenvalue weighted by Crippen LogP contribution is -2.36. The zero-order chi connectivity index (χ0) is 28.2. The number of benzene rings is 4. The van der Waals surface area contributed by atoms with Gasteiger partial charge in [0.2, 0.25) is 6.33 Å². The molecule has 2 unspecified atom stereocenters. The van der Waals surface area contributed by atoms with Crippen molar-refractivity contribution in [2.24, 2.45) is 0 Å². The average molecular weight is 636 g/mol. The minimum Gasteiger partial charge on any atom is -0.365 e. The van der Waals surface area contributed by atoms with E-state index in [0.717, 1.165) is 22.3 Å². The molecule has 40 heavy (non-hydrogen) atoms. The largest absolute Gasteiger partial charge is 0.365 e. The summed E-state index contributed by atoms with van der Waals surface area (Å²) in [5.41, 5.74) is 3.54. The molecule has 3 nitrogen and oxygen atoms in total. The topological polar surface area (TPSA) is 18.0 Å². The van der Waals surface area contributed by atoms with Gasteiger partial charge in [-0.25, -0.2) is 13.5 Å². The van der Waals surface area contributed by atoms with Crippen molar-refractivity contribution in [3.8, 4) is 0 Å². The highest BCUT2D eigenvalue weighted by atomic mass is 35.5. The number of rotatable bonds is 9. The van der Waals surface area contributed by atoms with Crippen molar-refractivity contribution in [2.45, 2.75) is 25.3 Å². The Kier molecular flexibility index (Phi) is 9.37. The second kappa shape index (κ2) is 12.9. The van der Waals surface area contributed by atoms with Crippen molar-refractivity contribution in [3.63, 3.8) is 0 Å². The molecule has 4 aromatic carbocycles. The number of halogens is 6. The van der Waals surface area contributed by atoms with Gasteiger partial charge in [0.15, 0.2) is 6.04 Å². The van der Waals surface area contributed by atoms with Gasteiger partial charge in [-0.3, -0.25) is 0 Å². The third kappa shape index (κ3) is 7.01. The van der Waals surface area contributed by atoms with Gasteiger partial charge in [0, 0.05) is 41.8 Å². The van der Waals surface area contributed by atoms with Crippen LogP contribution in [0.25, 0.3) is 0 Å². The zero-order valence-electron chi connectivity index (χ0n) is 21.0. The molecular weight excluding hydrogens is 613 g/mol. The van der Waals surface area contributed by atoms with Crippen LogP contribution >= 0.6 is 58.0 Å². The average Bonchev–Trinajstić information content (AvgIpc) is 3.38. The first-order chi connectivity index (χ1) is 19.3. The quantitative estimate of drug-likeness (QED) is 0.148. The number of ether oxygens (including phenoxy) is 1. The molecule has 0 aliphatic rings. The van der Waals surface area contributed by atoms with Crippen molar-refractivity contribution in [2.75, 3.05) is 0 Å². The first-order valence-corrected chi connectivity index (χ1v) is 14.2. The molecule has 9 heteroatoms. The Morgan fingerprint density at radius 1 is 0.725 bits per heavy atom. The molecule has 0 spiro atoms. The van der Waals surface area contributed by atoms with Crippen molar-refractivity contribution in [1.82, 2.24) is 4.57 Å². The molecule has 0 aliphatic heterocycles. The van der Waals surface area contributed by atoms with Crippen molar-refractivity contribution < 1.29 is 13.7 Å². The lowest BCUT2D eigenvalue weighted by Gasteiger charge is -2.19. The van der Waals surface area contributed by atoms with E-state index in [1.807, 2.05) is 59.7 Å². The molecule has 0 fully saturated rings. The molecule has 0 bridgehead atoms. The highest BCUT2D eigenvalue weighted by Gasteiger charge is 2.25. The summed E-state index contributed by atoms with van der Waals surface area (Å²) in [5.74, 6) is -0.290. The summed E-state index contributed by atoms with van der Waals surface area (Å²) in [7, 11) is 0. The summed E-state index contributed by atoms with van der Waals surface area (Å²) in [6.07, 6.45) is 5.50. The summed E-state index contributed by atoms with van der Waals surface area (Å²) in [6, 6.07) is 24.6. The van der Waals surface area contributed by atoms with E-state index in [-0.39, 0.29) is 18.5 Å². The first-order valence-electron chi connectivity index (χ1n) is 12.3. The van der Waals surface area contributed by atoms with Gasteiger partial charge in [0.25, 0.3) is 0 Å². The molecule has 0 saturated carbocycles. The summed E-state index contributed by atoms with van der Waals surface area (Å²) in [4.78, 5) is 0. The van der Waals surface area contributed by atoms with Gasteiger partial charge in [-0.2, -0.15) is 0 Å². The Hall–Kier alpha value is -2.57. The molecule has 5 aromatic rings. The summed E-state index contributed by atoms with van der Waals surface area (Å²) in [6.45, 7) is 0.709. The molecule has 5 rings (SSSR count). The molecule has 0 amide bonds. The predicted octanol–water partition coefficient (Wildman–Crippen LogP) is 9.78. The molecule has 0 aliphatic carbocycles. The summed E-state index contributed by atoms with van der Waals surface area (Å²) >= 11 is 31.4. The van der Waals surface area contributed by atoms with Crippen LogP contribution in [-0.4, -0.2) is 4.57 Å². The second-order valence-corrected chi connectivity index (χ2v) is 11.4. The SMILES string of the molecule is Fc1ccc(C(c2ccc(Cl)cc2)n2cc[n+](CC(OCc3ccc(Cl)cc3Cl)c3ccc(Cl)cc3Cl)c2)cc1. The Labute approximate surface area is 257 Å². The maximum absolute atomic E-state index is 13.7. The Morgan fingerprint density at radius 3 is 1.98 bits per heavy atom. The van der Waals surface area contributed by atoms with Gasteiger partial charge in [0.05, 0.1) is 6.61 Å². The minimum atomic E-state index is -0.419. The molecule has 0 N–H and O–H groups in total. The van der Waals surface area contributed by atoms with E-state index in [1.54, 1.807) is 36.4 Å². The smallest absolute Gasteiger partial charge is 0.244 e. The van der Waals surface area contributed by atoms with E-state index in [2.05, 4.69) is 4.57 Å². The lowest BCUT2D eigenvalue weighted by molar-refractivity contribution is -0.705. The summed E-state index contributed by atoms with van der Waals surface area (Å²) < 4.78 is 24.2. The van der Waals surface area contributed by atoms with Crippen LogP contribution in [0.5, 0.6) is 0 Å². The number of imidazole rings is 1. The number of aromatic nitrogens is 2. The molecule has 204 valence electrons. The lowest BCUT2D eigenvalue weighted by atomic mass is 9.98. The fourth-order valence-electron chi connectivity index (χ4n) is 4.52. The normalized spacial score (nSPS) is 12.8. The second-order valence-electron chi connectivity index (χ2n) is 9.26. The molecule has 0 radical (unpaired) electrons. The van der Waals surface area contributed by atoms with Crippen LogP contribution in [0.3, 0.4) is 0 Å². The fourth-order valence-corrected chi connectivity index (χ4v) is 5.64. The third-order valence-electron chi connectivity index (χ3n) is 6.52. The molecule has 1 heterocycles.